The molecule has 204 valence electrons. The molecule has 0 radical (unpaired) electrons. The lowest BCUT2D eigenvalue weighted by Crippen LogP contribution is -2.43. The first-order chi connectivity index (χ1) is 18.2. The van der Waals surface area contributed by atoms with E-state index in [2.05, 4.69) is 15.2 Å². The molecule has 1 aliphatic heterocycles. The van der Waals surface area contributed by atoms with Crippen LogP contribution in [0.25, 0.3) is 10.9 Å². The molecule has 1 fully saturated rings. The lowest BCUT2D eigenvalue weighted by atomic mass is 9.71. The number of anilines is 1. The maximum Gasteiger partial charge on any atom is 0.303 e. The van der Waals surface area contributed by atoms with Crippen LogP contribution in [0.5, 0.6) is 5.75 Å². The fraction of sp³-hybridized carbons (Fsp3) is 0.429. The van der Waals surface area contributed by atoms with Crippen molar-refractivity contribution in [3.05, 3.63) is 65.6 Å². The summed E-state index contributed by atoms with van der Waals surface area (Å²) >= 11 is 0. The molecule has 2 aromatic carbocycles. The summed E-state index contributed by atoms with van der Waals surface area (Å²) in [5.74, 6) is -2.55. The molecule has 0 spiro atoms. The fourth-order valence-electron chi connectivity index (χ4n) is 5.29. The predicted molar refractivity (Wildman–Crippen MR) is 137 cm³/mol. The zero-order valence-electron chi connectivity index (χ0n) is 21.2. The Morgan fingerprint density at radius 3 is 2.53 bits per heavy atom. The van der Waals surface area contributed by atoms with Crippen molar-refractivity contribution in [1.82, 2.24) is 9.88 Å². The number of benzene rings is 2. The van der Waals surface area contributed by atoms with Crippen LogP contribution in [0.2, 0.25) is 0 Å². The molecular weight excluding hydrogens is 502 g/mol. The number of carbonyl (C=O) groups is 1. The molecule has 1 aliphatic rings. The van der Waals surface area contributed by atoms with Crippen molar-refractivity contribution < 1.29 is 32.2 Å². The molecule has 1 aromatic heterocycles. The molecule has 1 atom stereocenters. The van der Waals surface area contributed by atoms with Crippen LogP contribution in [0, 0.1) is 22.9 Å². The number of fused-ring (bicyclic) bond motifs is 1. The zero-order valence-corrected chi connectivity index (χ0v) is 21.2. The summed E-state index contributed by atoms with van der Waals surface area (Å²) in [6, 6.07) is 8.12. The van der Waals surface area contributed by atoms with Crippen molar-refractivity contribution in [2.75, 3.05) is 38.6 Å². The van der Waals surface area contributed by atoms with Crippen molar-refractivity contribution >= 4 is 22.6 Å². The van der Waals surface area contributed by atoms with Crippen LogP contribution < -0.4 is 10.1 Å². The minimum atomic E-state index is -1.63. The third-order valence-corrected chi connectivity index (χ3v) is 7.37. The standard InChI is InChI=1S/C28H31F4N3O3/c1-38-21-2-3-25-22(15-21)27(24(32)17-34-25)23(31)4-5-28(16-26(36)37)6-9-35(10-7-28)11-8-33-20-13-18(29)12-19(30)14-20/h2-3,12-15,17,23,33H,4-11,16H2,1H3,(H,36,37)/t23-/m1/s1. The van der Waals surface area contributed by atoms with E-state index >= 15 is 4.39 Å². The number of piperidine rings is 1. The molecular formula is C28H31F4N3O3. The number of halogens is 4. The number of hydrogen-bond donors (Lipinski definition) is 2. The van der Waals surface area contributed by atoms with Gasteiger partial charge in [0.05, 0.1) is 25.2 Å². The van der Waals surface area contributed by atoms with E-state index in [-0.39, 0.29) is 18.4 Å². The van der Waals surface area contributed by atoms with Gasteiger partial charge in [-0.3, -0.25) is 9.78 Å². The minimum Gasteiger partial charge on any atom is -0.497 e. The summed E-state index contributed by atoms with van der Waals surface area (Å²) in [6.07, 6.45) is 0.653. The van der Waals surface area contributed by atoms with Gasteiger partial charge in [0.15, 0.2) is 0 Å². The van der Waals surface area contributed by atoms with Gasteiger partial charge in [0.2, 0.25) is 0 Å². The zero-order chi connectivity index (χ0) is 27.3. The van der Waals surface area contributed by atoms with E-state index in [1.807, 2.05) is 0 Å². The molecule has 0 amide bonds. The molecule has 0 saturated carbocycles. The van der Waals surface area contributed by atoms with Gasteiger partial charge in [-0.1, -0.05) is 0 Å². The number of hydrogen-bond acceptors (Lipinski definition) is 5. The molecule has 0 aliphatic carbocycles. The molecule has 3 aromatic rings. The normalized spacial score (nSPS) is 16.3. The quantitative estimate of drug-likeness (QED) is 0.289. The second-order valence-electron chi connectivity index (χ2n) is 9.91. The number of aromatic nitrogens is 1. The van der Waals surface area contributed by atoms with Crippen LogP contribution in [0.4, 0.5) is 23.2 Å². The third-order valence-electron chi connectivity index (χ3n) is 7.37. The summed E-state index contributed by atoms with van der Waals surface area (Å²) in [4.78, 5) is 17.9. The second-order valence-corrected chi connectivity index (χ2v) is 9.91. The van der Waals surface area contributed by atoms with Crippen LogP contribution in [-0.2, 0) is 4.79 Å². The molecule has 0 bridgehead atoms. The Labute approximate surface area is 218 Å². The Balaban J connectivity index is 1.38. The van der Waals surface area contributed by atoms with E-state index in [9.17, 15) is 23.1 Å². The molecule has 2 heterocycles. The van der Waals surface area contributed by atoms with Gasteiger partial charge in [-0.15, -0.1) is 0 Å². The average Bonchev–Trinajstić information content (AvgIpc) is 2.87. The maximum absolute atomic E-state index is 15.6. The first kappa shape index (κ1) is 27.6. The lowest BCUT2D eigenvalue weighted by molar-refractivity contribution is -0.141. The number of likely N-dealkylation sites (tertiary alicyclic amines) is 1. The molecule has 6 nitrogen and oxygen atoms in total. The molecule has 10 heteroatoms. The topological polar surface area (TPSA) is 74.7 Å². The average molecular weight is 534 g/mol. The van der Waals surface area contributed by atoms with Gasteiger partial charge in [0.25, 0.3) is 0 Å². The second kappa shape index (κ2) is 12.0. The van der Waals surface area contributed by atoms with Crippen molar-refractivity contribution in [3.8, 4) is 5.75 Å². The van der Waals surface area contributed by atoms with E-state index in [1.165, 1.54) is 19.2 Å². The predicted octanol–water partition coefficient (Wildman–Crippen LogP) is 6.12. The van der Waals surface area contributed by atoms with Gasteiger partial charge in [-0.25, -0.2) is 17.6 Å². The van der Waals surface area contributed by atoms with Crippen molar-refractivity contribution in [2.45, 2.75) is 38.3 Å². The SMILES string of the molecule is COc1ccc2ncc(F)c([C@H](F)CCC3(CC(=O)O)CCN(CCNc4cc(F)cc(F)c4)CC3)c2c1. The highest BCUT2D eigenvalue weighted by atomic mass is 19.1. The number of ether oxygens (including phenoxy) is 1. The van der Waals surface area contributed by atoms with Gasteiger partial charge in [0.1, 0.15) is 29.4 Å². The number of nitrogens with zero attached hydrogens (tertiary/aromatic N) is 2. The Hall–Kier alpha value is -3.40. The summed E-state index contributed by atoms with van der Waals surface area (Å²) < 4.78 is 62.2. The van der Waals surface area contributed by atoms with E-state index in [0.717, 1.165) is 12.3 Å². The Morgan fingerprint density at radius 1 is 1.16 bits per heavy atom. The lowest BCUT2D eigenvalue weighted by Gasteiger charge is -2.41. The van der Waals surface area contributed by atoms with Gasteiger partial charge in [-0.05, 0) is 74.5 Å². The number of methoxy groups -OCH3 is 1. The van der Waals surface area contributed by atoms with E-state index in [1.54, 1.807) is 18.2 Å². The highest BCUT2D eigenvalue weighted by Crippen LogP contribution is 2.43. The first-order valence-electron chi connectivity index (χ1n) is 12.6. The number of nitrogens with one attached hydrogen (secondary N) is 1. The highest BCUT2D eigenvalue weighted by molar-refractivity contribution is 5.84. The fourth-order valence-corrected chi connectivity index (χ4v) is 5.29. The number of rotatable bonds is 11. The Morgan fingerprint density at radius 2 is 1.87 bits per heavy atom. The van der Waals surface area contributed by atoms with Gasteiger partial charge in [-0.2, -0.15) is 0 Å². The van der Waals surface area contributed by atoms with Crippen LogP contribution in [0.15, 0.2) is 42.6 Å². The maximum atomic E-state index is 15.6. The Kier molecular flexibility index (Phi) is 8.71. The molecule has 38 heavy (non-hydrogen) atoms. The number of carboxylic acids is 1. The first-order valence-corrected chi connectivity index (χ1v) is 12.6. The van der Waals surface area contributed by atoms with Gasteiger partial charge in [0, 0.05) is 35.8 Å². The molecule has 4 rings (SSSR count). The van der Waals surface area contributed by atoms with Crippen LogP contribution >= 0.6 is 0 Å². The molecule has 1 saturated heterocycles. The minimum absolute atomic E-state index is 0.0206. The summed E-state index contributed by atoms with van der Waals surface area (Å²) in [5, 5.41) is 12.9. The monoisotopic (exact) mass is 533 g/mol. The van der Waals surface area contributed by atoms with Crippen molar-refractivity contribution in [1.29, 1.82) is 0 Å². The van der Waals surface area contributed by atoms with Crippen molar-refractivity contribution in [2.24, 2.45) is 5.41 Å². The molecule has 0 unspecified atom stereocenters. The van der Waals surface area contributed by atoms with E-state index < -0.39 is 35.0 Å². The number of pyridine rings is 1. The largest absolute Gasteiger partial charge is 0.497 e. The smallest absolute Gasteiger partial charge is 0.303 e. The highest BCUT2D eigenvalue weighted by Gasteiger charge is 2.37. The summed E-state index contributed by atoms with van der Waals surface area (Å²) in [7, 11) is 1.47. The van der Waals surface area contributed by atoms with Crippen LogP contribution in [0.1, 0.15) is 43.8 Å². The Bertz CT molecular complexity index is 1260. The summed E-state index contributed by atoms with van der Waals surface area (Å²) in [6.45, 7) is 2.27. The van der Waals surface area contributed by atoms with E-state index in [4.69, 9.17) is 4.74 Å². The molecule has 2 N–H and O–H groups in total. The van der Waals surface area contributed by atoms with Crippen LogP contribution in [0.3, 0.4) is 0 Å². The number of carboxylic acid groups (broad SMARTS) is 1. The summed E-state index contributed by atoms with van der Waals surface area (Å²) in [5.41, 5.74) is 0.106. The third kappa shape index (κ3) is 6.72. The van der Waals surface area contributed by atoms with Crippen LogP contribution in [-0.4, -0.2) is 54.2 Å². The van der Waals surface area contributed by atoms with Gasteiger partial charge >= 0.3 is 5.97 Å². The number of aliphatic carboxylic acids is 1. The van der Waals surface area contributed by atoms with E-state index in [0.29, 0.717) is 67.8 Å². The van der Waals surface area contributed by atoms with Crippen molar-refractivity contribution in [3.63, 3.8) is 0 Å². The van der Waals surface area contributed by atoms with Gasteiger partial charge < -0.3 is 20.1 Å². The number of alkyl halides is 1.